The number of hydrogen-bond donors (Lipinski definition) is 1. The molecule has 15 heavy (non-hydrogen) atoms. The first kappa shape index (κ1) is 13.6. The molecule has 1 N–H and O–H groups in total. The van der Waals surface area contributed by atoms with Crippen LogP contribution in [0.3, 0.4) is 0 Å². The molecule has 0 fully saturated rings. The monoisotopic (exact) mass is 203 g/mol. The van der Waals surface area contributed by atoms with Gasteiger partial charge in [-0.3, -0.25) is 0 Å². The molecule has 0 aliphatic rings. The van der Waals surface area contributed by atoms with Crippen molar-refractivity contribution >= 4 is 5.71 Å². The van der Waals surface area contributed by atoms with E-state index < -0.39 is 0 Å². The number of allylic oxidation sites excluding steroid dienone is 6. The van der Waals surface area contributed by atoms with Crippen molar-refractivity contribution in [2.24, 2.45) is 0 Å². The van der Waals surface area contributed by atoms with Crippen molar-refractivity contribution in [3.05, 3.63) is 48.6 Å². The van der Waals surface area contributed by atoms with Gasteiger partial charge in [0.1, 0.15) is 0 Å². The molecule has 0 aromatic heterocycles. The Kier molecular flexibility index (Phi) is 7.25. The quantitative estimate of drug-likeness (QED) is 0.359. The first-order valence-corrected chi connectivity index (χ1v) is 5.24. The lowest BCUT2D eigenvalue weighted by Crippen LogP contribution is -1.92. The average Bonchev–Trinajstić information content (AvgIpc) is 2.14. The highest BCUT2D eigenvalue weighted by atomic mass is 14.4. The number of rotatable bonds is 7. The van der Waals surface area contributed by atoms with Crippen LogP contribution < -0.4 is 0 Å². The molecule has 0 aliphatic heterocycles. The minimum atomic E-state index is 0.676. The van der Waals surface area contributed by atoms with Gasteiger partial charge in [0.05, 0.1) is 0 Å². The predicted octanol–water partition coefficient (Wildman–Crippen LogP) is 4.44. The van der Waals surface area contributed by atoms with Gasteiger partial charge in [0.2, 0.25) is 0 Å². The fourth-order valence-corrected chi connectivity index (χ4v) is 1.19. The van der Waals surface area contributed by atoms with Crippen LogP contribution in [0.5, 0.6) is 0 Å². The minimum absolute atomic E-state index is 0.676. The van der Waals surface area contributed by atoms with Crippen molar-refractivity contribution < 1.29 is 0 Å². The van der Waals surface area contributed by atoms with Gasteiger partial charge in [0.15, 0.2) is 0 Å². The molecular weight excluding hydrogens is 182 g/mol. The molecule has 82 valence electrons. The van der Waals surface area contributed by atoms with E-state index in [0.717, 1.165) is 24.0 Å². The van der Waals surface area contributed by atoms with Crippen LogP contribution in [0.2, 0.25) is 0 Å². The van der Waals surface area contributed by atoms with Gasteiger partial charge < -0.3 is 5.41 Å². The van der Waals surface area contributed by atoms with Gasteiger partial charge >= 0.3 is 0 Å². The second kappa shape index (κ2) is 7.98. The van der Waals surface area contributed by atoms with E-state index in [0.29, 0.717) is 12.1 Å². The Labute approximate surface area is 93.4 Å². The van der Waals surface area contributed by atoms with Crippen LogP contribution in [0.15, 0.2) is 48.6 Å². The molecule has 1 nitrogen and oxygen atoms in total. The van der Waals surface area contributed by atoms with E-state index in [2.05, 4.69) is 13.2 Å². The Morgan fingerprint density at radius 1 is 1.20 bits per heavy atom. The molecule has 0 saturated carbocycles. The maximum Gasteiger partial charge on any atom is 0.00984 e. The standard InChI is InChI=1S/C14H21N/c1-5-6-7-8-12(2)9-10-13(3)11-14(4)15/h5-8,15H,2-3,9-11H2,1,4H3/b6-5-,8-7-,15-14?. The Hall–Kier alpha value is -1.37. The molecule has 0 atom stereocenters. The van der Waals surface area contributed by atoms with Crippen molar-refractivity contribution in [1.29, 1.82) is 5.41 Å². The lowest BCUT2D eigenvalue weighted by molar-refractivity contribution is 0.930. The van der Waals surface area contributed by atoms with E-state index in [9.17, 15) is 0 Å². The van der Waals surface area contributed by atoms with E-state index in [1.54, 1.807) is 0 Å². The highest BCUT2D eigenvalue weighted by Crippen LogP contribution is 2.13. The lowest BCUT2D eigenvalue weighted by Gasteiger charge is -2.04. The molecule has 1 heteroatoms. The predicted molar refractivity (Wildman–Crippen MR) is 69.5 cm³/mol. The van der Waals surface area contributed by atoms with Gasteiger partial charge in [-0.15, -0.1) is 0 Å². The second-order valence-electron chi connectivity index (χ2n) is 3.75. The minimum Gasteiger partial charge on any atom is -0.310 e. The summed E-state index contributed by atoms with van der Waals surface area (Å²) in [5, 5.41) is 7.34. The number of nitrogens with one attached hydrogen (secondary N) is 1. The molecule has 0 spiro atoms. The van der Waals surface area contributed by atoms with Crippen molar-refractivity contribution in [2.45, 2.75) is 33.1 Å². The third-order valence-corrected chi connectivity index (χ3v) is 1.95. The van der Waals surface area contributed by atoms with Crippen LogP contribution in [0, 0.1) is 5.41 Å². The van der Waals surface area contributed by atoms with E-state index in [-0.39, 0.29) is 0 Å². The summed E-state index contributed by atoms with van der Waals surface area (Å²) in [6.07, 6.45) is 10.6. The van der Waals surface area contributed by atoms with Crippen LogP contribution in [-0.4, -0.2) is 5.71 Å². The van der Waals surface area contributed by atoms with Crippen molar-refractivity contribution in [3.63, 3.8) is 0 Å². The van der Waals surface area contributed by atoms with Gasteiger partial charge in [-0.05, 0) is 26.7 Å². The molecule has 0 radical (unpaired) electrons. The maximum absolute atomic E-state index is 7.34. The van der Waals surface area contributed by atoms with E-state index in [1.165, 1.54) is 0 Å². The van der Waals surface area contributed by atoms with Crippen molar-refractivity contribution in [1.82, 2.24) is 0 Å². The smallest absolute Gasteiger partial charge is 0.00984 e. The van der Waals surface area contributed by atoms with Crippen LogP contribution >= 0.6 is 0 Å². The lowest BCUT2D eigenvalue weighted by atomic mass is 10.0. The third kappa shape index (κ3) is 8.95. The molecule has 0 bridgehead atoms. The molecule has 0 aromatic rings. The zero-order valence-corrected chi connectivity index (χ0v) is 9.84. The summed E-state index contributed by atoms with van der Waals surface area (Å²) < 4.78 is 0. The van der Waals surface area contributed by atoms with Gasteiger partial charge in [0.25, 0.3) is 0 Å². The van der Waals surface area contributed by atoms with Gasteiger partial charge in [-0.1, -0.05) is 48.6 Å². The van der Waals surface area contributed by atoms with Crippen LogP contribution in [0.4, 0.5) is 0 Å². The van der Waals surface area contributed by atoms with Gasteiger partial charge in [0, 0.05) is 12.1 Å². The SMILES string of the molecule is C=C(/C=C\C=C/C)CCC(=C)CC(C)=N. The highest BCUT2D eigenvalue weighted by molar-refractivity contribution is 5.80. The molecular formula is C14H21N. The summed E-state index contributed by atoms with van der Waals surface area (Å²) in [6, 6.07) is 0. The van der Waals surface area contributed by atoms with E-state index in [4.69, 9.17) is 5.41 Å². The first-order valence-electron chi connectivity index (χ1n) is 5.24. The largest absolute Gasteiger partial charge is 0.310 e. The Balaban J connectivity index is 3.80. The first-order chi connectivity index (χ1) is 7.06. The fourth-order valence-electron chi connectivity index (χ4n) is 1.19. The molecule has 0 saturated heterocycles. The van der Waals surface area contributed by atoms with E-state index in [1.807, 2.05) is 38.2 Å². The maximum atomic E-state index is 7.34. The van der Waals surface area contributed by atoms with Crippen LogP contribution in [0.25, 0.3) is 0 Å². The zero-order chi connectivity index (χ0) is 11.7. The Bertz CT molecular complexity index is 292. The summed E-state index contributed by atoms with van der Waals surface area (Å²) >= 11 is 0. The van der Waals surface area contributed by atoms with Gasteiger partial charge in [-0.2, -0.15) is 0 Å². The normalized spacial score (nSPS) is 11.1. The average molecular weight is 203 g/mol. The second-order valence-corrected chi connectivity index (χ2v) is 3.75. The van der Waals surface area contributed by atoms with Gasteiger partial charge in [-0.25, -0.2) is 0 Å². The summed E-state index contributed by atoms with van der Waals surface area (Å²) in [7, 11) is 0. The van der Waals surface area contributed by atoms with Crippen molar-refractivity contribution in [2.75, 3.05) is 0 Å². The third-order valence-electron chi connectivity index (χ3n) is 1.95. The van der Waals surface area contributed by atoms with E-state index >= 15 is 0 Å². The summed E-state index contributed by atoms with van der Waals surface area (Å²) in [4.78, 5) is 0. The van der Waals surface area contributed by atoms with Crippen molar-refractivity contribution in [3.8, 4) is 0 Å². The molecule has 0 heterocycles. The molecule has 0 aliphatic carbocycles. The molecule has 0 amide bonds. The molecule has 0 unspecified atom stereocenters. The highest BCUT2D eigenvalue weighted by Gasteiger charge is 1.97. The number of hydrogen-bond acceptors (Lipinski definition) is 1. The topological polar surface area (TPSA) is 23.9 Å². The Morgan fingerprint density at radius 3 is 2.40 bits per heavy atom. The zero-order valence-electron chi connectivity index (χ0n) is 9.84. The van der Waals surface area contributed by atoms with Crippen LogP contribution in [0.1, 0.15) is 33.1 Å². The summed E-state index contributed by atoms with van der Waals surface area (Å²) in [5.41, 5.74) is 2.90. The Morgan fingerprint density at radius 2 is 1.87 bits per heavy atom. The molecule has 0 rings (SSSR count). The molecule has 0 aromatic carbocycles. The summed E-state index contributed by atoms with van der Waals surface area (Å²) in [5.74, 6) is 0. The van der Waals surface area contributed by atoms with Crippen LogP contribution in [-0.2, 0) is 0 Å². The fraction of sp³-hybridized carbons (Fsp3) is 0.357. The summed E-state index contributed by atoms with van der Waals surface area (Å²) in [6.45, 7) is 11.7.